The van der Waals surface area contributed by atoms with Crippen LogP contribution in [-0.4, -0.2) is 60.0 Å². The first-order chi connectivity index (χ1) is 12.7. The summed E-state index contributed by atoms with van der Waals surface area (Å²) in [6.07, 6.45) is 5.75. The summed E-state index contributed by atoms with van der Waals surface area (Å²) in [5.41, 5.74) is 7.75. The van der Waals surface area contributed by atoms with Crippen LogP contribution in [0, 0.1) is 0 Å². The van der Waals surface area contributed by atoms with Gasteiger partial charge in [0.1, 0.15) is 30.8 Å². The third-order valence-corrected chi connectivity index (χ3v) is 4.21. The Labute approximate surface area is 148 Å². The van der Waals surface area contributed by atoms with Crippen molar-refractivity contribution in [2.75, 3.05) is 18.9 Å². The van der Waals surface area contributed by atoms with Gasteiger partial charge in [-0.05, 0) is 0 Å². The number of aromatic amines is 1. The number of ether oxygens (including phenoxy) is 1. The van der Waals surface area contributed by atoms with Crippen LogP contribution in [-0.2, 0) is 20.9 Å². The van der Waals surface area contributed by atoms with E-state index in [0.29, 0.717) is 36.4 Å². The van der Waals surface area contributed by atoms with Gasteiger partial charge in [0.25, 0.3) is 0 Å². The van der Waals surface area contributed by atoms with Crippen molar-refractivity contribution in [1.82, 2.24) is 29.5 Å². The van der Waals surface area contributed by atoms with Crippen LogP contribution in [0.2, 0.25) is 0 Å². The van der Waals surface area contributed by atoms with E-state index in [-0.39, 0.29) is 6.61 Å². The van der Waals surface area contributed by atoms with E-state index in [1.54, 1.807) is 23.4 Å². The largest absolute Gasteiger partial charge is 0.390 e. The Morgan fingerprint density at radius 1 is 1.31 bits per heavy atom. The maximum Gasteiger partial charge on any atom is 0.167 e. The van der Waals surface area contributed by atoms with Crippen LogP contribution in [0.1, 0.15) is 18.3 Å². The Morgan fingerprint density at radius 2 is 2.23 bits per heavy atom. The van der Waals surface area contributed by atoms with E-state index >= 15 is 0 Å². The third kappa shape index (κ3) is 3.37. The molecule has 0 unspecified atom stereocenters. The van der Waals surface area contributed by atoms with Crippen molar-refractivity contribution in [3.8, 4) is 0 Å². The lowest BCUT2D eigenvalue weighted by Gasteiger charge is -2.15. The second-order valence-electron chi connectivity index (χ2n) is 5.93. The van der Waals surface area contributed by atoms with E-state index < -0.39 is 18.4 Å². The Hall–Kier alpha value is -2.60. The number of H-pyrrole nitrogens is 1. The van der Waals surface area contributed by atoms with Crippen molar-refractivity contribution in [3.05, 3.63) is 30.9 Å². The molecule has 0 spiro atoms. The molecule has 11 heteroatoms. The molecule has 3 aromatic rings. The fourth-order valence-electron chi connectivity index (χ4n) is 2.86. The van der Waals surface area contributed by atoms with E-state index in [4.69, 9.17) is 20.2 Å². The van der Waals surface area contributed by atoms with Gasteiger partial charge in [0, 0.05) is 19.0 Å². The van der Waals surface area contributed by atoms with Crippen molar-refractivity contribution in [2.24, 2.45) is 0 Å². The van der Waals surface area contributed by atoms with Crippen LogP contribution in [0.25, 0.3) is 11.2 Å². The molecule has 0 aliphatic carbocycles. The zero-order chi connectivity index (χ0) is 17.9. The molecule has 3 aromatic heterocycles. The van der Waals surface area contributed by atoms with Crippen molar-refractivity contribution in [2.45, 2.75) is 31.3 Å². The molecule has 1 fully saturated rings. The average molecular weight is 361 g/mol. The minimum Gasteiger partial charge on any atom is -0.390 e. The van der Waals surface area contributed by atoms with Crippen molar-refractivity contribution in [3.63, 3.8) is 0 Å². The monoisotopic (exact) mass is 361 g/mol. The van der Waals surface area contributed by atoms with Gasteiger partial charge in [-0.3, -0.25) is 4.57 Å². The number of anilines is 1. The highest BCUT2D eigenvalue weighted by atomic mass is 17.2. The molecule has 138 valence electrons. The van der Waals surface area contributed by atoms with Crippen LogP contribution < -0.4 is 5.73 Å². The molecule has 3 atom stereocenters. The lowest BCUT2D eigenvalue weighted by atomic mass is 10.2. The van der Waals surface area contributed by atoms with Gasteiger partial charge in [-0.1, -0.05) is 0 Å². The van der Waals surface area contributed by atoms with Crippen LogP contribution >= 0.6 is 0 Å². The minimum atomic E-state index is -0.688. The molecule has 0 aromatic carbocycles. The van der Waals surface area contributed by atoms with Crippen LogP contribution in [0.5, 0.6) is 0 Å². The highest BCUT2D eigenvalue weighted by molar-refractivity contribution is 5.81. The summed E-state index contributed by atoms with van der Waals surface area (Å²) in [4.78, 5) is 29.6. The van der Waals surface area contributed by atoms with Gasteiger partial charge in [0.05, 0.1) is 31.1 Å². The highest BCUT2D eigenvalue weighted by Gasteiger charge is 2.36. The zero-order valence-corrected chi connectivity index (χ0v) is 13.9. The van der Waals surface area contributed by atoms with E-state index in [1.165, 1.54) is 6.33 Å². The Morgan fingerprint density at radius 3 is 3.08 bits per heavy atom. The van der Waals surface area contributed by atoms with E-state index in [9.17, 15) is 5.11 Å². The number of hydrogen-bond donors (Lipinski definition) is 3. The maximum atomic E-state index is 10.2. The molecule has 11 nitrogen and oxygen atoms in total. The van der Waals surface area contributed by atoms with Crippen molar-refractivity contribution in [1.29, 1.82) is 0 Å². The van der Waals surface area contributed by atoms with Gasteiger partial charge in [0.15, 0.2) is 11.5 Å². The van der Waals surface area contributed by atoms with E-state index in [0.717, 1.165) is 5.69 Å². The number of aliphatic hydroxyl groups excluding tert-OH is 1. The van der Waals surface area contributed by atoms with Crippen molar-refractivity contribution >= 4 is 17.0 Å². The molecule has 0 saturated carbocycles. The summed E-state index contributed by atoms with van der Waals surface area (Å²) in [7, 11) is 0. The number of nitrogens with zero attached hydrogens (tertiary/aromatic N) is 5. The van der Waals surface area contributed by atoms with Gasteiger partial charge < -0.3 is 20.6 Å². The second-order valence-corrected chi connectivity index (χ2v) is 5.93. The SMILES string of the molecule is Nc1ncnc2c1ncn2[C@H]1C[C@H](O)[C@@H](COOCCc2c[nH]cn2)O1. The maximum absolute atomic E-state index is 10.2. The van der Waals surface area contributed by atoms with Crippen LogP contribution in [0.4, 0.5) is 5.82 Å². The number of rotatable bonds is 7. The number of fused-ring (bicyclic) bond motifs is 1. The average Bonchev–Trinajstić information content (AvgIpc) is 3.35. The normalized spacial score (nSPS) is 23.0. The van der Waals surface area contributed by atoms with Gasteiger partial charge in [-0.15, -0.1) is 0 Å². The lowest BCUT2D eigenvalue weighted by molar-refractivity contribution is -0.309. The zero-order valence-electron chi connectivity index (χ0n) is 13.9. The second kappa shape index (κ2) is 7.33. The predicted octanol–water partition coefficient (Wildman–Crippen LogP) is -0.0291. The standard InChI is InChI=1S/C15H19N7O4/c16-14-13-15(20-7-19-14)22(8-21-13)12-3-10(23)11(26-12)5-25-24-2-1-9-4-17-6-18-9/h4,6-8,10-12,23H,1-3,5H2,(H,17,18)(H2,16,19,20)/t10-,11+,12+/m0/s1. The third-order valence-electron chi connectivity index (χ3n) is 4.21. The number of imidazole rings is 2. The first kappa shape index (κ1) is 16.8. The predicted molar refractivity (Wildman–Crippen MR) is 88.5 cm³/mol. The molecule has 0 amide bonds. The summed E-state index contributed by atoms with van der Waals surface area (Å²) in [6.45, 7) is 0.474. The Balaban J connectivity index is 1.30. The smallest absolute Gasteiger partial charge is 0.167 e. The van der Waals surface area contributed by atoms with Gasteiger partial charge in [-0.25, -0.2) is 29.7 Å². The molecular formula is C15H19N7O4. The first-order valence-corrected chi connectivity index (χ1v) is 8.21. The lowest BCUT2D eigenvalue weighted by Crippen LogP contribution is -2.26. The number of aliphatic hydroxyl groups is 1. The minimum absolute atomic E-state index is 0.113. The van der Waals surface area contributed by atoms with Crippen LogP contribution in [0.15, 0.2) is 25.2 Å². The number of hydrogen-bond acceptors (Lipinski definition) is 9. The molecular weight excluding hydrogens is 342 g/mol. The number of aromatic nitrogens is 6. The molecule has 1 saturated heterocycles. The number of nitrogen functional groups attached to an aromatic ring is 1. The molecule has 4 N–H and O–H groups in total. The first-order valence-electron chi connectivity index (χ1n) is 8.21. The Bertz CT molecular complexity index is 853. The number of nitrogens with two attached hydrogens (primary N) is 1. The summed E-state index contributed by atoms with van der Waals surface area (Å²) < 4.78 is 7.60. The molecule has 4 rings (SSSR count). The fraction of sp³-hybridized carbons (Fsp3) is 0.467. The van der Waals surface area contributed by atoms with Gasteiger partial charge in [0.2, 0.25) is 0 Å². The van der Waals surface area contributed by atoms with E-state index in [1.807, 2.05) is 0 Å². The fourth-order valence-corrected chi connectivity index (χ4v) is 2.86. The number of nitrogens with one attached hydrogen (secondary N) is 1. The molecule has 1 aliphatic heterocycles. The Kier molecular flexibility index (Phi) is 4.75. The molecule has 0 bridgehead atoms. The summed E-state index contributed by atoms with van der Waals surface area (Å²) >= 11 is 0. The summed E-state index contributed by atoms with van der Waals surface area (Å²) in [6, 6.07) is 0. The highest BCUT2D eigenvalue weighted by Crippen LogP contribution is 2.31. The molecule has 4 heterocycles. The summed E-state index contributed by atoms with van der Waals surface area (Å²) in [5.74, 6) is 0.303. The van der Waals surface area contributed by atoms with E-state index in [2.05, 4.69) is 24.9 Å². The molecule has 26 heavy (non-hydrogen) atoms. The topological polar surface area (TPSA) is 146 Å². The van der Waals surface area contributed by atoms with Gasteiger partial charge >= 0.3 is 0 Å². The summed E-state index contributed by atoms with van der Waals surface area (Å²) in [5, 5.41) is 10.2. The molecule has 1 aliphatic rings. The van der Waals surface area contributed by atoms with Crippen molar-refractivity contribution < 1.29 is 19.6 Å². The quantitative estimate of drug-likeness (QED) is 0.300. The molecule has 0 radical (unpaired) electrons. The van der Waals surface area contributed by atoms with Gasteiger partial charge in [-0.2, -0.15) is 0 Å². The van der Waals surface area contributed by atoms with Crippen LogP contribution in [0.3, 0.4) is 0 Å².